The fraction of sp³-hybridized carbons (Fsp3) is 0.462. The number of amides is 2. The zero-order valence-corrected chi connectivity index (χ0v) is 21.2. The summed E-state index contributed by atoms with van der Waals surface area (Å²) in [5, 5.41) is 4.09. The van der Waals surface area contributed by atoms with Crippen molar-refractivity contribution in [1.29, 1.82) is 0 Å². The molecule has 8 heteroatoms. The lowest BCUT2D eigenvalue weighted by atomic mass is 10.1. The second-order valence-electron chi connectivity index (χ2n) is 8.55. The van der Waals surface area contributed by atoms with Crippen LogP contribution in [-0.2, 0) is 16.1 Å². The molecule has 0 radical (unpaired) electrons. The first-order valence-electron chi connectivity index (χ1n) is 11.7. The summed E-state index contributed by atoms with van der Waals surface area (Å²) in [6, 6.07) is 12.0. The highest BCUT2D eigenvalue weighted by Gasteiger charge is 2.28. The van der Waals surface area contributed by atoms with Crippen molar-refractivity contribution >= 4 is 35.0 Å². The molecule has 2 amide bonds. The lowest BCUT2D eigenvalue weighted by molar-refractivity contribution is -0.141. The Balaban J connectivity index is 1.61. The number of rotatable bonds is 11. The molecule has 1 N–H and O–H groups in total. The minimum atomic E-state index is -0.623. The van der Waals surface area contributed by atoms with Crippen molar-refractivity contribution in [3.05, 3.63) is 58.1 Å². The number of carbonyl (C=O) groups is 2. The molecule has 0 aliphatic heterocycles. The van der Waals surface area contributed by atoms with Crippen LogP contribution in [0.3, 0.4) is 0 Å². The van der Waals surface area contributed by atoms with Crippen molar-refractivity contribution in [2.24, 2.45) is 0 Å². The fourth-order valence-electron chi connectivity index (χ4n) is 4.04. The van der Waals surface area contributed by atoms with Crippen LogP contribution in [0, 0.1) is 0 Å². The van der Waals surface area contributed by atoms with E-state index in [2.05, 4.69) is 5.32 Å². The summed E-state index contributed by atoms with van der Waals surface area (Å²) < 4.78 is 10.9. The summed E-state index contributed by atoms with van der Waals surface area (Å²) in [5.41, 5.74) is 0.745. The zero-order valence-electron chi connectivity index (χ0n) is 19.7. The number of nitrogens with one attached hydrogen (secondary N) is 1. The summed E-state index contributed by atoms with van der Waals surface area (Å²) in [4.78, 5) is 27.7. The van der Waals surface area contributed by atoms with Gasteiger partial charge in [-0.3, -0.25) is 9.59 Å². The molecule has 0 aromatic heterocycles. The summed E-state index contributed by atoms with van der Waals surface area (Å²) in [7, 11) is 1.61. The van der Waals surface area contributed by atoms with Gasteiger partial charge in [0.2, 0.25) is 11.8 Å². The first-order valence-corrected chi connectivity index (χ1v) is 12.4. The molecule has 3 rings (SSSR count). The van der Waals surface area contributed by atoms with Crippen LogP contribution in [0.15, 0.2) is 42.5 Å². The van der Waals surface area contributed by atoms with Gasteiger partial charge in [-0.2, -0.15) is 0 Å². The Kier molecular flexibility index (Phi) is 9.90. The van der Waals surface area contributed by atoms with Gasteiger partial charge in [-0.15, -0.1) is 0 Å². The van der Waals surface area contributed by atoms with Gasteiger partial charge < -0.3 is 19.7 Å². The van der Waals surface area contributed by atoms with Gasteiger partial charge >= 0.3 is 0 Å². The molecule has 1 atom stereocenters. The lowest BCUT2D eigenvalue weighted by Gasteiger charge is -2.30. The molecule has 0 saturated heterocycles. The molecule has 0 heterocycles. The highest BCUT2D eigenvalue weighted by molar-refractivity contribution is 6.35. The van der Waals surface area contributed by atoms with Gasteiger partial charge in [-0.25, -0.2) is 0 Å². The van der Waals surface area contributed by atoms with Crippen LogP contribution in [0.4, 0.5) is 0 Å². The number of hydrogen-bond donors (Lipinski definition) is 1. The third-order valence-electron chi connectivity index (χ3n) is 6.09. The number of methoxy groups -OCH3 is 1. The Labute approximate surface area is 211 Å². The lowest BCUT2D eigenvalue weighted by Crippen LogP contribution is -2.49. The number of carbonyl (C=O) groups excluding carboxylic acids is 2. The molecule has 1 saturated carbocycles. The van der Waals surface area contributed by atoms with Crippen LogP contribution in [0.5, 0.6) is 11.5 Å². The molecule has 184 valence electrons. The van der Waals surface area contributed by atoms with Crippen LogP contribution >= 0.6 is 23.2 Å². The predicted molar refractivity (Wildman–Crippen MR) is 135 cm³/mol. The Morgan fingerprint density at radius 3 is 2.41 bits per heavy atom. The van der Waals surface area contributed by atoms with Crippen LogP contribution in [0.2, 0.25) is 10.0 Å². The fourth-order valence-corrected chi connectivity index (χ4v) is 4.51. The normalized spacial score (nSPS) is 14.5. The first kappa shape index (κ1) is 26.2. The van der Waals surface area contributed by atoms with E-state index in [0.717, 1.165) is 37.0 Å². The number of halogens is 2. The van der Waals surface area contributed by atoms with E-state index in [1.165, 1.54) is 0 Å². The van der Waals surface area contributed by atoms with Gasteiger partial charge in [0.1, 0.15) is 17.5 Å². The van der Waals surface area contributed by atoms with Crippen molar-refractivity contribution in [2.75, 3.05) is 13.7 Å². The largest absolute Gasteiger partial charge is 0.497 e. The SMILES string of the molecule is COc1ccc(OCCCC(=O)N(Cc2ccc(Cl)cc2Cl)C(C)C(=O)NC2CCCC2)cc1. The van der Waals surface area contributed by atoms with Crippen molar-refractivity contribution in [3.8, 4) is 11.5 Å². The molecule has 0 bridgehead atoms. The molecule has 34 heavy (non-hydrogen) atoms. The first-order chi connectivity index (χ1) is 16.4. The third-order valence-corrected chi connectivity index (χ3v) is 6.67. The van der Waals surface area contributed by atoms with Gasteiger partial charge in [-0.1, -0.05) is 42.1 Å². The highest BCUT2D eigenvalue weighted by atomic mass is 35.5. The maximum atomic E-state index is 13.2. The second-order valence-corrected chi connectivity index (χ2v) is 9.39. The average Bonchev–Trinajstić information content (AvgIpc) is 3.34. The molecular weight excluding hydrogens is 475 g/mol. The average molecular weight is 507 g/mol. The maximum Gasteiger partial charge on any atom is 0.242 e. The van der Waals surface area contributed by atoms with E-state index in [4.69, 9.17) is 32.7 Å². The van der Waals surface area contributed by atoms with E-state index < -0.39 is 6.04 Å². The molecular formula is C26H32Cl2N2O4. The molecule has 1 fully saturated rings. The van der Waals surface area contributed by atoms with Crippen molar-refractivity contribution in [3.63, 3.8) is 0 Å². The zero-order chi connectivity index (χ0) is 24.5. The number of benzene rings is 2. The van der Waals surface area contributed by atoms with Gasteiger partial charge in [-0.05, 0) is 68.1 Å². The van der Waals surface area contributed by atoms with Crippen molar-refractivity contribution in [1.82, 2.24) is 10.2 Å². The minimum absolute atomic E-state index is 0.126. The molecule has 1 aliphatic rings. The van der Waals surface area contributed by atoms with Crippen LogP contribution in [-0.4, -0.2) is 42.5 Å². The Hall–Kier alpha value is -2.44. The summed E-state index contributed by atoms with van der Waals surface area (Å²) in [6.07, 6.45) is 4.98. The molecule has 6 nitrogen and oxygen atoms in total. The van der Waals surface area contributed by atoms with E-state index in [0.29, 0.717) is 28.8 Å². The molecule has 0 spiro atoms. The van der Waals surface area contributed by atoms with E-state index in [1.54, 1.807) is 37.1 Å². The Morgan fingerprint density at radius 2 is 1.76 bits per heavy atom. The standard InChI is InChI=1S/C26H32Cl2N2O4/c1-18(26(32)29-21-6-3-4-7-21)30(17-19-9-10-20(27)16-24(19)28)25(31)8-5-15-34-23-13-11-22(33-2)12-14-23/h9-14,16,18,21H,3-8,15,17H2,1-2H3,(H,29,32). The van der Waals surface area contributed by atoms with Gasteiger partial charge in [0.15, 0.2) is 0 Å². The van der Waals surface area contributed by atoms with E-state index >= 15 is 0 Å². The number of ether oxygens (including phenoxy) is 2. The van der Waals surface area contributed by atoms with Crippen molar-refractivity contribution < 1.29 is 19.1 Å². The van der Waals surface area contributed by atoms with Crippen LogP contribution in [0.25, 0.3) is 0 Å². The molecule has 1 unspecified atom stereocenters. The second kappa shape index (κ2) is 12.9. The topological polar surface area (TPSA) is 67.9 Å². The number of hydrogen-bond acceptors (Lipinski definition) is 4. The minimum Gasteiger partial charge on any atom is -0.497 e. The molecule has 1 aliphatic carbocycles. The smallest absolute Gasteiger partial charge is 0.242 e. The van der Waals surface area contributed by atoms with Gasteiger partial charge in [0.05, 0.1) is 13.7 Å². The van der Waals surface area contributed by atoms with Crippen LogP contribution in [0.1, 0.15) is 51.0 Å². The van der Waals surface area contributed by atoms with E-state index in [9.17, 15) is 9.59 Å². The van der Waals surface area contributed by atoms with Gasteiger partial charge in [0, 0.05) is 29.1 Å². The van der Waals surface area contributed by atoms with Crippen molar-refractivity contribution in [2.45, 2.75) is 64.1 Å². The Bertz CT molecular complexity index is 962. The van der Waals surface area contributed by atoms with Crippen LogP contribution < -0.4 is 14.8 Å². The monoisotopic (exact) mass is 506 g/mol. The van der Waals surface area contributed by atoms with Gasteiger partial charge in [0.25, 0.3) is 0 Å². The Morgan fingerprint density at radius 1 is 1.09 bits per heavy atom. The predicted octanol–water partition coefficient (Wildman–Crippen LogP) is 5.64. The summed E-state index contributed by atoms with van der Waals surface area (Å²) in [6.45, 7) is 2.38. The highest BCUT2D eigenvalue weighted by Crippen LogP contribution is 2.24. The summed E-state index contributed by atoms with van der Waals surface area (Å²) >= 11 is 12.4. The van der Waals surface area contributed by atoms with E-state index in [1.807, 2.05) is 24.3 Å². The number of nitrogens with zero attached hydrogens (tertiary/aromatic N) is 1. The molecule has 2 aromatic carbocycles. The maximum absolute atomic E-state index is 13.2. The quantitative estimate of drug-likeness (QED) is 0.400. The third kappa shape index (κ3) is 7.54. The molecule has 2 aromatic rings. The summed E-state index contributed by atoms with van der Waals surface area (Å²) in [5.74, 6) is 1.20. The van der Waals surface area contributed by atoms with E-state index in [-0.39, 0.29) is 30.8 Å².